The van der Waals surface area contributed by atoms with Crippen molar-refractivity contribution in [3.63, 3.8) is 0 Å². The summed E-state index contributed by atoms with van der Waals surface area (Å²) in [7, 11) is 2.17. The maximum atomic E-state index is 5.92. The van der Waals surface area contributed by atoms with E-state index in [9.17, 15) is 0 Å². The van der Waals surface area contributed by atoms with Gasteiger partial charge in [0.05, 0.1) is 18.0 Å². The van der Waals surface area contributed by atoms with E-state index in [2.05, 4.69) is 52.8 Å². The van der Waals surface area contributed by atoms with Crippen molar-refractivity contribution in [1.29, 1.82) is 0 Å². The van der Waals surface area contributed by atoms with E-state index in [1.54, 1.807) is 11.3 Å². The molecule has 2 aromatic rings. The van der Waals surface area contributed by atoms with Crippen molar-refractivity contribution in [2.45, 2.75) is 58.6 Å². The summed E-state index contributed by atoms with van der Waals surface area (Å²) in [5.74, 6) is 0.636. The van der Waals surface area contributed by atoms with Crippen molar-refractivity contribution in [1.82, 2.24) is 14.6 Å². The average molecular weight is 334 g/mol. The molecule has 0 aromatic carbocycles. The number of nitrogens with zero attached hydrogens (tertiary/aromatic N) is 4. The molecule has 0 bridgehead atoms. The Balaban J connectivity index is 1.63. The second kappa shape index (κ2) is 4.70. The van der Waals surface area contributed by atoms with E-state index in [0.717, 1.165) is 22.4 Å². The lowest BCUT2D eigenvalue weighted by molar-refractivity contribution is -0.101. The molecule has 0 spiro atoms. The number of aromatic nitrogens is 3. The van der Waals surface area contributed by atoms with Gasteiger partial charge in [0.25, 0.3) is 0 Å². The van der Waals surface area contributed by atoms with E-state index >= 15 is 0 Å². The van der Waals surface area contributed by atoms with E-state index in [1.165, 1.54) is 6.42 Å². The Kier molecular flexibility index (Phi) is 3.14. The van der Waals surface area contributed by atoms with Gasteiger partial charge < -0.3 is 9.64 Å². The van der Waals surface area contributed by atoms with Crippen LogP contribution in [0.4, 0.5) is 5.13 Å². The fourth-order valence-corrected chi connectivity index (χ4v) is 5.28. The van der Waals surface area contributed by atoms with Gasteiger partial charge in [-0.1, -0.05) is 46.0 Å². The lowest BCUT2D eigenvalue weighted by Gasteiger charge is -2.57. The molecule has 1 saturated carbocycles. The highest BCUT2D eigenvalue weighted by Gasteiger charge is 2.61. The molecule has 1 aliphatic heterocycles. The molecule has 4 rings (SSSR count). The minimum atomic E-state index is 0.0594. The maximum absolute atomic E-state index is 5.92. The predicted octanol–water partition coefficient (Wildman–Crippen LogP) is 3.34. The van der Waals surface area contributed by atoms with Crippen LogP contribution in [0.25, 0.3) is 4.96 Å². The minimum Gasteiger partial charge on any atom is -0.377 e. The van der Waals surface area contributed by atoms with Crippen LogP contribution < -0.4 is 4.90 Å². The highest BCUT2D eigenvalue weighted by atomic mass is 32.1. The van der Waals surface area contributed by atoms with Crippen LogP contribution in [0.2, 0.25) is 0 Å². The highest BCUT2D eigenvalue weighted by molar-refractivity contribution is 7.20. The van der Waals surface area contributed by atoms with Gasteiger partial charge in [-0.25, -0.2) is 9.50 Å². The molecule has 0 radical (unpaired) electrons. The van der Waals surface area contributed by atoms with Crippen molar-refractivity contribution in [2.75, 3.05) is 18.6 Å². The van der Waals surface area contributed by atoms with Gasteiger partial charge in [-0.05, 0) is 6.42 Å². The molecule has 3 heterocycles. The summed E-state index contributed by atoms with van der Waals surface area (Å²) >= 11 is 1.68. The van der Waals surface area contributed by atoms with Gasteiger partial charge in [0, 0.05) is 36.4 Å². The molecule has 1 aliphatic carbocycles. The number of ether oxygens (including phenoxy) is 1. The first-order valence-corrected chi connectivity index (χ1v) is 9.22. The summed E-state index contributed by atoms with van der Waals surface area (Å²) in [5.41, 5.74) is 1.34. The van der Waals surface area contributed by atoms with Gasteiger partial charge in [-0.2, -0.15) is 0 Å². The van der Waals surface area contributed by atoms with Gasteiger partial charge in [0.15, 0.2) is 0 Å². The standard InChI is InChI=1S/C17H26N4OS/c1-16(2,3)11-9-21-14(18-11)23-15(19-21)20(6)12-10-7-8-22-13(10)17(12,4)5/h9-10,12-13H,7-8H2,1-6H3/t10-,12-,13+/m1/s1. The number of rotatable bonds is 2. The smallest absolute Gasteiger partial charge is 0.214 e. The molecule has 23 heavy (non-hydrogen) atoms. The van der Waals surface area contributed by atoms with Gasteiger partial charge >= 0.3 is 0 Å². The zero-order valence-corrected chi connectivity index (χ0v) is 15.6. The molecule has 0 amide bonds. The average Bonchev–Trinajstić information content (AvgIpc) is 3.08. The Morgan fingerprint density at radius 2 is 2.13 bits per heavy atom. The number of anilines is 1. The Bertz CT molecular complexity index is 710. The van der Waals surface area contributed by atoms with Crippen LogP contribution >= 0.6 is 11.3 Å². The van der Waals surface area contributed by atoms with Crippen LogP contribution in [0.15, 0.2) is 6.20 Å². The maximum Gasteiger partial charge on any atom is 0.214 e. The first kappa shape index (κ1) is 15.4. The zero-order valence-electron chi connectivity index (χ0n) is 14.8. The van der Waals surface area contributed by atoms with Crippen molar-refractivity contribution in [3.8, 4) is 0 Å². The van der Waals surface area contributed by atoms with E-state index in [1.807, 2.05) is 4.52 Å². The SMILES string of the molecule is CN(c1nn2cc(C(C)(C)C)nc2s1)[C@@H]1[C@H]2CCO[C@@H]2C1(C)C. The Morgan fingerprint density at radius 3 is 2.78 bits per heavy atom. The van der Waals surface area contributed by atoms with Crippen molar-refractivity contribution in [2.24, 2.45) is 11.3 Å². The molecule has 6 heteroatoms. The Hall–Kier alpha value is -1.14. The van der Waals surface area contributed by atoms with Gasteiger partial charge in [0.2, 0.25) is 10.1 Å². The van der Waals surface area contributed by atoms with E-state index in [0.29, 0.717) is 18.1 Å². The molecule has 2 aromatic heterocycles. The summed E-state index contributed by atoms with van der Waals surface area (Å²) in [4.78, 5) is 8.09. The monoisotopic (exact) mass is 334 g/mol. The lowest BCUT2D eigenvalue weighted by Crippen LogP contribution is -2.66. The molecule has 0 N–H and O–H groups in total. The van der Waals surface area contributed by atoms with Gasteiger partial charge in [0.1, 0.15) is 0 Å². The van der Waals surface area contributed by atoms with Gasteiger partial charge in [-0.3, -0.25) is 0 Å². The number of fused-ring (bicyclic) bond motifs is 2. The first-order valence-electron chi connectivity index (χ1n) is 8.41. The van der Waals surface area contributed by atoms with Crippen molar-refractivity contribution < 1.29 is 4.74 Å². The Labute approximate surface area is 141 Å². The van der Waals surface area contributed by atoms with Crippen molar-refractivity contribution in [3.05, 3.63) is 11.9 Å². The molecule has 126 valence electrons. The molecular weight excluding hydrogens is 308 g/mol. The third kappa shape index (κ3) is 2.14. The molecule has 5 nitrogen and oxygen atoms in total. The number of hydrogen-bond donors (Lipinski definition) is 0. The van der Waals surface area contributed by atoms with Crippen LogP contribution in [-0.4, -0.2) is 40.4 Å². The van der Waals surface area contributed by atoms with Crippen LogP contribution in [0.5, 0.6) is 0 Å². The second-order valence-electron chi connectivity index (χ2n) is 8.61. The highest BCUT2D eigenvalue weighted by Crippen LogP contribution is 2.55. The number of imidazole rings is 1. The molecule has 2 fully saturated rings. The number of hydrogen-bond acceptors (Lipinski definition) is 5. The predicted molar refractivity (Wildman–Crippen MR) is 93.4 cm³/mol. The van der Waals surface area contributed by atoms with E-state index in [4.69, 9.17) is 14.8 Å². The molecular formula is C17H26N4OS. The lowest BCUT2D eigenvalue weighted by atomic mass is 9.57. The first-order chi connectivity index (χ1) is 10.7. The van der Waals surface area contributed by atoms with Crippen LogP contribution in [0, 0.1) is 11.3 Å². The third-order valence-corrected chi connectivity index (χ3v) is 6.57. The van der Waals surface area contributed by atoms with Crippen LogP contribution in [0.1, 0.15) is 46.7 Å². The summed E-state index contributed by atoms with van der Waals surface area (Å²) in [6.07, 6.45) is 3.64. The molecule has 0 unspecified atom stereocenters. The third-order valence-electron chi connectivity index (χ3n) is 5.56. The van der Waals surface area contributed by atoms with Crippen LogP contribution in [-0.2, 0) is 10.2 Å². The normalized spacial score (nSPS) is 29.6. The minimum absolute atomic E-state index is 0.0594. The topological polar surface area (TPSA) is 42.7 Å². The van der Waals surface area contributed by atoms with Crippen LogP contribution in [0.3, 0.4) is 0 Å². The molecule has 2 aliphatic rings. The largest absolute Gasteiger partial charge is 0.377 e. The summed E-state index contributed by atoms with van der Waals surface area (Å²) in [5, 5.41) is 5.84. The summed E-state index contributed by atoms with van der Waals surface area (Å²) in [6.45, 7) is 12.1. The molecule has 1 saturated heterocycles. The Morgan fingerprint density at radius 1 is 1.39 bits per heavy atom. The van der Waals surface area contributed by atoms with E-state index < -0.39 is 0 Å². The fourth-order valence-electron chi connectivity index (χ4n) is 4.40. The fraction of sp³-hybridized carbons (Fsp3) is 0.765. The zero-order chi connectivity index (χ0) is 16.6. The van der Waals surface area contributed by atoms with Gasteiger partial charge in [-0.15, -0.1) is 5.10 Å². The quantitative estimate of drug-likeness (QED) is 0.845. The van der Waals surface area contributed by atoms with E-state index in [-0.39, 0.29) is 10.8 Å². The summed E-state index contributed by atoms with van der Waals surface area (Å²) < 4.78 is 7.86. The second-order valence-corrected chi connectivity index (χ2v) is 9.54. The van der Waals surface area contributed by atoms with Crippen molar-refractivity contribution >= 4 is 21.4 Å². The molecule has 3 atom stereocenters. The summed E-state index contributed by atoms with van der Waals surface area (Å²) in [6, 6.07) is 0.493.